The molecule has 20 heavy (non-hydrogen) atoms. The van der Waals surface area contributed by atoms with Gasteiger partial charge >= 0.3 is 6.09 Å². The fraction of sp³-hybridized carbons (Fsp3) is 0.533. The number of fused-ring (bicyclic) bond motifs is 1. The lowest BCUT2D eigenvalue weighted by Gasteiger charge is -2.37. The quantitative estimate of drug-likeness (QED) is 0.817. The van der Waals surface area contributed by atoms with E-state index in [-0.39, 0.29) is 0 Å². The van der Waals surface area contributed by atoms with Gasteiger partial charge < -0.3 is 15.1 Å². The molecule has 3 rings (SSSR count). The predicted molar refractivity (Wildman–Crippen MR) is 74.3 cm³/mol. The lowest BCUT2D eigenvalue weighted by Crippen LogP contribution is -2.40. The van der Waals surface area contributed by atoms with Crippen LogP contribution in [0.2, 0.25) is 0 Å². The summed E-state index contributed by atoms with van der Waals surface area (Å²) in [5, 5.41) is 19.9. The Balaban J connectivity index is 1.84. The number of hydrogen-bond acceptors (Lipinski definition) is 3. The summed E-state index contributed by atoms with van der Waals surface area (Å²) in [6, 6.07) is 5.91. The van der Waals surface area contributed by atoms with Gasteiger partial charge in [0.05, 0.1) is 5.60 Å². The molecule has 1 aromatic rings. The molecule has 0 saturated carbocycles. The van der Waals surface area contributed by atoms with Crippen molar-refractivity contribution in [3.63, 3.8) is 0 Å². The van der Waals surface area contributed by atoms with Gasteiger partial charge in [-0.05, 0) is 36.6 Å². The van der Waals surface area contributed by atoms with Gasteiger partial charge in [-0.2, -0.15) is 0 Å². The number of rotatable bonds is 1. The topological polar surface area (TPSA) is 64.0 Å². The molecule has 1 fully saturated rings. The first-order valence-electron chi connectivity index (χ1n) is 6.99. The highest BCUT2D eigenvalue weighted by atomic mass is 16.4. The highest BCUT2D eigenvalue weighted by Gasteiger charge is 2.34. The van der Waals surface area contributed by atoms with Crippen LogP contribution >= 0.6 is 0 Å². The van der Waals surface area contributed by atoms with Gasteiger partial charge in [-0.3, -0.25) is 4.90 Å². The maximum Gasteiger partial charge on any atom is 0.407 e. The Morgan fingerprint density at radius 1 is 1.20 bits per heavy atom. The van der Waals surface area contributed by atoms with Crippen molar-refractivity contribution < 1.29 is 15.0 Å². The number of benzene rings is 1. The standard InChI is InChI=1S/C15H20N2O3/c1-16-6-4-15(20,5-7-16)13-3-2-11-9-17(14(18)19)10-12(11)8-13/h2-3,8,20H,4-7,9-10H2,1H3,(H,18,19). The summed E-state index contributed by atoms with van der Waals surface area (Å²) in [7, 11) is 2.06. The van der Waals surface area contributed by atoms with E-state index in [4.69, 9.17) is 5.11 Å². The third kappa shape index (κ3) is 2.27. The molecule has 2 aliphatic rings. The van der Waals surface area contributed by atoms with Crippen molar-refractivity contribution in [3.05, 3.63) is 34.9 Å². The number of nitrogens with zero attached hydrogens (tertiary/aromatic N) is 2. The highest BCUT2D eigenvalue weighted by Crippen LogP contribution is 2.35. The average Bonchev–Trinajstić information content (AvgIpc) is 2.85. The summed E-state index contributed by atoms with van der Waals surface area (Å²) < 4.78 is 0. The van der Waals surface area contributed by atoms with Gasteiger partial charge in [-0.1, -0.05) is 18.2 Å². The molecule has 5 heteroatoms. The summed E-state index contributed by atoms with van der Waals surface area (Å²) in [6.45, 7) is 2.64. The molecule has 1 aromatic carbocycles. The Morgan fingerprint density at radius 2 is 1.85 bits per heavy atom. The van der Waals surface area contributed by atoms with E-state index in [1.54, 1.807) is 0 Å². The summed E-state index contributed by atoms with van der Waals surface area (Å²) >= 11 is 0. The number of piperidine rings is 1. The number of amides is 1. The molecule has 2 N–H and O–H groups in total. The summed E-state index contributed by atoms with van der Waals surface area (Å²) in [5.41, 5.74) is 2.24. The van der Waals surface area contributed by atoms with Crippen molar-refractivity contribution in [2.24, 2.45) is 0 Å². The third-order valence-electron chi connectivity index (χ3n) is 4.55. The highest BCUT2D eigenvalue weighted by molar-refractivity contribution is 5.66. The first-order valence-corrected chi connectivity index (χ1v) is 6.99. The molecule has 0 unspecified atom stereocenters. The lowest BCUT2D eigenvalue weighted by molar-refractivity contribution is -0.0203. The second-order valence-corrected chi connectivity index (χ2v) is 5.96. The van der Waals surface area contributed by atoms with Crippen molar-refractivity contribution >= 4 is 6.09 Å². The molecule has 2 heterocycles. The van der Waals surface area contributed by atoms with Crippen LogP contribution in [0, 0.1) is 0 Å². The fourth-order valence-corrected chi connectivity index (χ4v) is 3.10. The number of likely N-dealkylation sites (tertiary alicyclic amines) is 1. The van der Waals surface area contributed by atoms with Crippen molar-refractivity contribution in [3.8, 4) is 0 Å². The van der Waals surface area contributed by atoms with Crippen LogP contribution in [-0.2, 0) is 18.7 Å². The normalized spacial score (nSPS) is 21.8. The van der Waals surface area contributed by atoms with Crippen LogP contribution in [0.1, 0.15) is 29.5 Å². The smallest absolute Gasteiger partial charge is 0.407 e. The first-order chi connectivity index (χ1) is 9.48. The number of carbonyl (C=O) groups is 1. The van der Waals surface area contributed by atoms with Crippen LogP contribution < -0.4 is 0 Å². The molecule has 0 aromatic heterocycles. The maximum absolute atomic E-state index is 11.0. The molecule has 2 aliphatic heterocycles. The van der Waals surface area contributed by atoms with Crippen LogP contribution in [0.3, 0.4) is 0 Å². The second kappa shape index (κ2) is 4.75. The van der Waals surface area contributed by atoms with Crippen molar-refractivity contribution in [2.45, 2.75) is 31.5 Å². The Bertz CT molecular complexity index is 536. The second-order valence-electron chi connectivity index (χ2n) is 5.96. The van der Waals surface area contributed by atoms with Crippen molar-refractivity contribution in [2.75, 3.05) is 20.1 Å². The summed E-state index contributed by atoms with van der Waals surface area (Å²) in [5.74, 6) is 0. The minimum atomic E-state index is -0.888. The van der Waals surface area contributed by atoms with Gasteiger partial charge in [0.25, 0.3) is 0 Å². The molecule has 1 saturated heterocycles. The van der Waals surface area contributed by atoms with E-state index >= 15 is 0 Å². The van der Waals surface area contributed by atoms with Crippen LogP contribution in [0.15, 0.2) is 18.2 Å². The van der Waals surface area contributed by atoms with Gasteiger partial charge in [-0.25, -0.2) is 4.79 Å². The van der Waals surface area contributed by atoms with Crippen LogP contribution in [0.25, 0.3) is 0 Å². The van der Waals surface area contributed by atoms with Crippen LogP contribution in [0.5, 0.6) is 0 Å². The van der Waals surface area contributed by atoms with Crippen LogP contribution in [0.4, 0.5) is 4.79 Å². The molecule has 108 valence electrons. The van der Waals surface area contributed by atoms with E-state index < -0.39 is 11.7 Å². The van der Waals surface area contributed by atoms with Crippen molar-refractivity contribution in [1.29, 1.82) is 0 Å². The zero-order valence-electron chi connectivity index (χ0n) is 11.7. The summed E-state index contributed by atoms with van der Waals surface area (Å²) in [4.78, 5) is 14.6. The largest absolute Gasteiger partial charge is 0.465 e. The van der Waals surface area contributed by atoms with Gasteiger partial charge in [0, 0.05) is 26.2 Å². The molecule has 0 aliphatic carbocycles. The van der Waals surface area contributed by atoms with Gasteiger partial charge in [0.1, 0.15) is 0 Å². The lowest BCUT2D eigenvalue weighted by atomic mass is 9.83. The van der Waals surface area contributed by atoms with Gasteiger partial charge in [-0.15, -0.1) is 0 Å². The number of hydrogen-bond donors (Lipinski definition) is 2. The molecule has 0 radical (unpaired) electrons. The minimum absolute atomic E-state index is 0.425. The van der Waals surface area contributed by atoms with Gasteiger partial charge in [0.2, 0.25) is 0 Å². The Hall–Kier alpha value is -1.59. The van der Waals surface area contributed by atoms with E-state index in [0.29, 0.717) is 13.1 Å². The van der Waals surface area contributed by atoms with E-state index in [9.17, 15) is 9.90 Å². The van der Waals surface area contributed by atoms with E-state index in [1.165, 1.54) is 4.90 Å². The zero-order valence-corrected chi connectivity index (χ0v) is 11.7. The SMILES string of the molecule is CN1CCC(O)(c2ccc3c(c2)CN(C(=O)O)C3)CC1. The maximum atomic E-state index is 11.0. The molecule has 1 amide bonds. The molecular formula is C15H20N2O3. The predicted octanol–water partition coefficient (Wildman–Crippen LogP) is 1.59. The van der Waals surface area contributed by atoms with Gasteiger partial charge in [0.15, 0.2) is 0 Å². The Labute approximate surface area is 118 Å². The first kappa shape index (κ1) is 13.4. The van der Waals surface area contributed by atoms with Crippen molar-refractivity contribution in [1.82, 2.24) is 9.80 Å². The monoisotopic (exact) mass is 276 g/mol. The zero-order chi connectivity index (χ0) is 14.3. The molecule has 0 spiro atoms. The number of carboxylic acid groups (broad SMARTS) is 1. The Kier molecular flexibility index (Phi) is 3.18. The Morgan fingerprint density at radius 3 is 2.50 bits per heavy atom. The van der Waals surface area contributed by atoms with E-state index in [1.807, 2.05) is 18.2 Å². The van der Waals surface area contributed by atoms with E-state index in [0.717, 1.165) is 42.6 Å². The molecule has 0 atom stereocenters. The third-order valence-corrected chi connectivity index (χ3v) is 4.55. The number of aliphatic hydroxyl groups is 1. The molecule has 5 nitrogen and oxygen atoms in total. The van der Waals surface area contributed by atoms with E-state index in [2.05, 4.69) is 11.9 Å². The molecule has 0 bridgehead atoms. The summed E-state index contributed by atoms with van der Waals surface area (Å²) in [6.07, 6.45) is 0.566. The minimum Gasteiger partial charge on any atom is -0.465 e. The molecular weight excluding hydrogens is 256 g/mol. The fourth-order valence-electron chi connectivity index (χ4n) is 3.10. The van der Waals surface area contributed by atoms with Crippen LogP contribution in [-0.4, -0.2) is 46.2 Å². The average molecular weight is 276 g/mol.